The van der Waals surface area contributed by atoms with Crippen molar-refractivity contribution in [1.82, 2.24) is 9.79 Å². The van der Waals surface area contributed by atoms with E-state index < -0.39 is 27.9 Å². The fraction of sp³-hybridized carbons (Fsp3) is 0.348. The molecule has 174 valence electrons. The van der Waals surface area contributed by atoms with Crippen LogP contribution in [0.5, 0.6) is 11.5 Å². The second-order valence-corrected chi connectivity index (χ2v) is 9.35. The summed E-state index contributed by atoms with van der Waals surface area (Å²) in [4.78, 5) is 12.5. The lowest BCUT2D eigenvalue weighted by Crippen LogP contribution is -2.51. The third-order valence-electron chi connectivity index (χ3n) is 4.84. The minimum atomic E-state index is -4.10. The van der Waals surface area contributed by atoms with Crippen molar-refractivity contribution >= 4 is 15.9 Å². The zero-order valence-corrected chi connectivity index (χ0v) is 19.3. The van der Waals surface area contributed by atoms with E-state index in [2.05, 4.69) is 6.58 Å². The van der Waals surface area contributed by atoms with Gasteiger partial charge < -0.3 is 9.47 Å². The van der Waals surface area contributed by atoms with Crippen molar-refractivity contribution in [2.45, 2.75) is 37.8 Å². The summed E-state index contributed by atoms with van der Waals surface area (Å²) in [6, 6.07) is 11.8. The van der Waals surface area contributed by atoms with Gasteiger partial charge in [-0.3, -0.25) is 10.0 Å². The van der Waals surface area contributed by atoms with Crippen molar-refractivity contribution in [1.29, 1.82) is 0 Å². The van der Waals surface area contributed by atoms with Crippen molar-refractivity contribution in [3.05, 3.63) is 66.7 Å². The summed E-state index contributed by atoms with van der Waals surface area (Å²) < 4.78 is 39.0. The van der Waals surface area contributed by atoms with Crippen LogP contribution in [0, 0.1) is 5.92 Å². The van der Waals surface area contributed by atoms with Crippen LogP contribution in [0.15, 0.2) is 66.1 Å². The van der Waals surface area contributed by atoms with E-state index in [9.17, 15) is 18.4 Å². The van der Waals surface area contributed by atoms with Crippen LogP contribution < -0.4 is 15.0 Å². The zero-order chi connectivity index (χ0) is 23.7. The van der Waals surface area contributed by atoms with Gasteiger partial charge in [-0.05, 0) is 54.3 Å². The number of nitrogens with one attached hydrogen (secondary N) is 1. The summed E-state index contributed by atoms with van der Waals surface area (Å²) in [6.07, 6.45) is 2.40. The average Bonchev–Trinajstić information content (AvgIpc) is 2.79. The number of hydroxylamine groups is 1. The minimum absolute atomic E-state index is 0.0125. The maximum atomic E-state index is 13.6. The smallest absolute Gasteiger partial charge is 0.262 e. The number of rotatable bonds is 12. The zero-order valence-electron chi connectivity index (χ0n) is 18.5. The SMILES string of the molecule is C=CCCOc1ccc(S(=O)(=O)N(Cc2ccc(OC)cc2)C(C(=O)NO)C(C)C)cc1. The molecule has 0 aliphatic heterocycles. The topological polar surface area (TPSA) is 105 Å². The minimum Gasteiger partial charge on any atom is -0.497 e. The van der Waals surface area contributed by atoms with Crippen molar-refractivity contribution in [3.63, 3.8) is 0 Å². The second-order valence-electron chi connectivity index (χ2n) is 7.46. The van der Waals surface area contributed by atoms with Gasteiger partial charge in [-0.15, -0.1) is 6.58 Å². The molecule has 1 amide bonds. The van der Waals surface area contributed by atoms with Crippen molar-refractivity contribution in [2.75, 3.05) is 13.7 Å². The average molecular weight is 463 g/mol. The first-order valence-electron chi connectivity index (χ1n) is 10.2. The molecule has 2 N–H and O–H groups in total. The molecule has 0 saturated heterocycles. The van der Waals surface area contributed by atoms with E-state index in [-0.39, 0.29) is 11.4 Å². The molecule has 0 aliphatic rings. The van der Waals surface area contributed by atoms with Gasteiger partial charge in [0.2, 0.25) is 10.0 Å². The molecule has 2 aromatic carbocycles. The lowest BCUT2D eigenvalue weighted by Gasteiger charge is -2.32. The van der Waals surface area contributed by atoms with Gasteiger partial charge in [0.1, 0.15) is 17.5 Å². The maximum absolute atomic E-state index is 13.6. The van der Waals surface area contributed by atoms with Crippen molar-refractivity contribution in [3.8, 4) is 11.5 Å². The van der Waals surface area contributed by atoms with Crippen LogP contribution in [0.2, 0.25) is 0 Å². The number of carbonyl (C=O) groups excluding carboxylic acids is 1. The second kappa shape index (κ2) is 11.7. The molecule has 0 radical (unpaired) electrons. The summed E-state index contributed by atoms with van der Waals surface area (Å²) in [7, 11) is -2.56. The Kier molecular flexibility index (Phi) is 9.25. The summed E-state index contributed by atoms with van der Waals surface area (Å²) in [5.41, 5.74) is 2.26. The van der Waals surface area contributed by atoms with Crippen LogP contribution >= 0.6 is 0 Å². The van der Waals surface area contributed by atoms with E-state index in [4.69, 9.17) is 9.47 Å². The Morgan fingerprint density at radius 1 is 1.12 bits per heavy atom. The Morgan fingerprint density at radius 3 is 2.22 bits per heavy atom. The number of methoxy groups -OCH3 is 1. The normalized spacial score (nSPS) is 12.4. The van der Waals surface area contributed by atoms with Crippen LogP contribution in [-0.2, 0) is 21.4 Å². The van der Waals surface area contributed by atoms with E-state index in [1.165, 1.54) is 19.2 Å². The molecule has 2 aromatic rings. The number of carbonyl (C=O) groups is 1. The highest BCUT2D eigenvalue weighted by atomic mass is 32.2. The van der Waals surface area contributed by atoms with Crippen LogP contribution in [0.25, 0.3) is 0 Å². The van der Waals surface area contributed by atoms with Crippen molar-refractivity contribution < 1.29 is 27.9 Å². The van der Waals surface area contributed by atoms with E-state index >= 15 is 0 Å². The molecule has 0 heterocycles. The maximum Gasteiger partial charge on any atom is 0.262 e. The Labute approximate surface area is 189 Å². The molecule has 0 fully saturated rings. The molecule has 32 heavy (non-hydrogen) atoms. The van der Waals surface area contributed by atoms with E-state index in [1.54, 1.807) is 61.8 Å². The molecule has 1 atom stereocenters. The fourth-order valence-electron chi connectivity index (χ4n) is 3.18. The van der Waals surface area contributed by atoms with Crippen LogP contribution in [0.3, 0.4) is 0 Å². The predicted octanol–water partition coefficient (Wildman–Crippen LogP) is 3.37. The molecule has 9 heteroatoms. The third-order valence-corrected chi connectivity index (χ3v) is 6.68. The van der Waals surface area contributed by atoms with Crippen molar-refractivity contribution in [2.24, 2.45) is 5.92 Å². The molecule has 0 aliphatic carbocycles. The van der Waals surface area contributed by atoms with Crippen LogP contribution in [0.4, 0.5) is 0 Å². The fourth-order valence-corrected chi connectivity index (χ4v) is 4.89. The van der Waals surface area contributed by atoms with Gasteiger partial charge in [-0.2, -0.15) is 4.31 Å². The number of hydrogen-bond donors (Lipinski definition) is 2. The molecule has 0 spiro atoms. The van der Waals surface area contributed by atoms with E-state index in [0.717, 1.165) is 4.31 Å². The Balaban J connectivity index is 2.43. The first kappa shape index (κ1) is 25.4. The molecule has 0 bridgehead atoms. The first-order chi connectivity index (χ1) is 15.2. The molecule has 2 rings (SSSR count). The highest BCUT2D eigenvalue weighted by Gasteiger charge is 2.38. The number of nitrogens with zero attached hydrogens (tertiary/aromatic N) is 1. The molecular weight excluding hydrogens is 432 g/mol. The lowest BCUT2D eigenvalue weighted by atomic mass is 10.0. The first-order valence-corrected chi connectivity index (χ1v) is 11.6. The summed E-state index contributed by atoms with van der Waals surface area (Å²) in [6.45, 7) is 7.43. The highest BCUT2D eigenvalue weighted by molar-refractivity contribution is 7.89. The highest BCUT2D eigenvalue weighted by Crippen LogP contribution is 2.27. The van der Waals surface area contributed by atoms with Crippen LogP contribution in [-0.4, -0.2) is 43.6 Å². The van der Waals surface area contributed by atoms with Gasteiger partial charge in [-0.1, -0.05) is 32.1 Å². The van der Waals surface area contributed by atoms with Gasteiger partial charge >= 0.3 is 0 Å². The largest absolute Gasteiger partial charge is 0.497 e. The van der Waals surface area contributed by atoms with Gasteiger partial charge in [-0.25, -0.2) is 13.9 Å². The molecule has 0 aromatic heterocycles. The molecule has 8 nitrogen and oxygen atoms in total. The lowest BCUT2D eigenvalue weighted by molar-refractivity contribution is -0.134. The third kappa shape index (κ3) is 6.32. The van der Waals surface area contributed by atoms with E-state index in [1.807, 2.05) is 0 Å². The van der Waals surface area contributed by atoms with E-state index in [0.29, 0.717) is 30.1 Å². The summed E-state index contributed by atoms with van der Waals surface area (Å²) in [5.74, 6) is -0.0529. The van der Waals surface area contributed by atoms with Crippen LogP contribution in [0.1, 0.15) is 25.8 Å². The number of sulfonamides is 1. The van der Waals surface area contributed by atoms with Gasteiger partial charge in [0, 0.05) is 6.54 Å². The molecule has 1 unspecified atom stereocenters. The summed E-state index contributed by atoms with van der Waals surface area (Å²) in [5, 5.41) is 9.25. The van der Waals surface area contributed by atoms with Gasteiger partial charge in [0.25, 0.3) is 5.91 Å². The summed E-state index contributed by atoms with van der Waals surface area (Å²) >= 11 is 0. The quantitative estimate of drug-likeness (QED) is 0.217. The Hall–Kier alpha value is -2.88. The Bertz CT molecular complexity index is 988. The monoisotopic (exact) mass is 462 g/mol. The number of ether oxygens (including phenoxy) is 2. The number of hydrogen-bond acceptors (Lipinski definition) is 6. The number of benzene rings is 2. The molecular formula is C23H30N2O6S. The Morgan fingerprint density at radius 2 is 1.72 bits per heavy atom. The predicted molar refractivity (Wildman–Crippen MR) is 121 cm³/mol. The molecule has 0 saturated carbocycles. The van der Waals surface area contributed by atoms with Gasteiger partial charge in [0.15, 0.2) is 0 Å². The van der Waals surface area contributed by atoms with Gasteiger partial charge in [0.05, 0.1) is 18.6 Å². The standard InChI is InChI=1S/C23H30N2O6S/c1-5-6-15-31-20-11-13-21(14-12-20)32(28,29)25(22(17(2)3)23(26)24-27)16-18-7-9-19(30-4)10-8-18/h5,7-14,17,22,27H,1,6,15-16H2,2-4H3,(H,24,26). The number of amides is 1.